The number of carbonyl (C=O) groups excluding carboxylic acids is 1. The summed E-state index contributed by atoms with van der Waals surface area (Å²) in [4.78, 5) is 12.1. The Kier molecular flexibility index (Phi) is 4.85. The number of hydrogen-bond acceptors (Lipinski definition) is 4. The predicted molar refractivity (Wildman–Crippen MR) is 85.4 cm³/mol. The van der Waals surface area contributed by atoms with Crippen molar-refractivity contribution in [1.82, 2.24) is 0 Å². The van der Waals surface area contributed by atoms with Crippen LogP contribution in [0.4, 0.5) is 5.69 Å². The quantitative estimate of drug-likeness (QED) is 0.675. The Morgan fingerprint density at radius 1 is 1.24 bits per heavy atom. The average molecular weight is 350 g/mol. The molecule has 2 N–H and O–H groups in total. The number of nitrogens with two attached hydrogens (primary N) is 1. The van der Waals surface area contributed by atoms with Crippen molar-refractivity contribution in [3.05, 3.63) is 57.6 Å². The highest BCUT2D eigenvalue weighted by molar-refractivity contribution is 9.10. The van der Waals surface area contributed by atoms with Gasteiger partial charge >= 0.3 is 5.97 Å². The van der Waals surface area contributed by atoms with Crippen molar-refractivity contribution >= 4 is 27.6 Å². The van der Waals surface area contributed by atoms with Gasteiger partial charge in [0.05, 0.1) is 12.7 Å². The van der Waals surface area contributed by atoms with Gasteiger partial charge in [0, 0.05) is 15.7 Å². The molecule has 4 nitrogen and oxygen atoms in total. The van der Waals surface area contributed by atoms with Gasteiger partial charge in [-0.15, -0.1) is 0 Å². The SMILES string of the molecule is COc1ccc(Br)cc1COC(=O)c1ccc(N)c(C)c1. The molecule has 0 unspecified atom stereocenters. The number of rotatable bonds is 4. The van der Waals surface area contributed by atoms with Gasteiger partial charge in [-0.05, 0) is 48.9 Å². The lowest BCUT2D eigenvalue weighted by Crippen LogP contribution is -2.07. The maximum Gasteiger partial charge on any atom is 0.338 e. The highest BCUT2D eigenvalue weighted by Gasteiger charge is 2.11. The predicted octanol–water partition coefficient (Wildman–Crippen LogP) is 3.71. The summed E-state index contributed by atoms with van der Waals surface area (Å²) in [5.74, 6) is 0.291. The number of carbonyl (C=O) groups is 1. The number of aryl methyl sites for hydroxylation is 1. The number of esters is 1. The number of benzene rings is 2. The fraction of sp³-hybridized carbons (Fsp3) is 0.188. The second-order valence-electron chi connectivity index (χ2n) is 4.60. The van der Waals surface area contributed by atoms with E-state index in [1.807, 2.05) is 25.1 Å². The second-order valence-corrected chi connectivity index (χ2v) is 5.52. The van der Waals surface area contributed by atoms with Gasteiger partial charge in [-0.1, -0.05) is 15.9 Å². The molecule has 5 heteroatoms. The third kappa shape index (κ3) is 3.76. The van der Waals surface area contributed by atoms with Crippen molar-refractivity contribution in [2.45, 2.75) is 13.5 Å². The number of anilines is 1. The molecule has 0 aliphatic rings. The average Bonchev–Trinajstić information content (AvgIpc) is 2.47. The molecular formula is C16H16BrNO3. The van der Waals surface area contributed by atoms with Crippen LogP contribution in [0.25, 0.3) is 0 Å². The molecule has 0 aliphatic carbocycles. The number of halogens is 1. The summed E-state index contributed by atoms with van der Waals surface area (Å²) < 4.78 is 11.5. The normalized spacial score (nSPS) is 10.2. The largest absolute Gasteiger partial charge is 0.496 e. The van der Waals surface area contributed by atoms with Crippen LogP contribution in [-0.2, 0) is 11.3 Å². The molecule has 0 aromatic heterocycles. The molecule has 2 aromatic carbocycles. The first-order valence-corrected chi connectivity index (χ1v) is 7.16. The minimum atomic E-state index is -0.389. The molecule has 0 heterocycles. The lowest BCUT2D eigenvalue weighted by Gasteiger charge is -2.10. The molecule has 2 rings (SSSR count). The van der Waals surface area contributed by atoms with Crippen molar-refractivity contribution < 1.29 is 14.3 Å². The standard InChI is InChI=1S/C16H16BrNO3/c1-10-7-11(3-5-14(10)18)16(19)21-9-12-8-13(17)4-6-15(12)20-2/h3-8H,9,18H2,1-2H3. The van der Waals surface area contributed by atoms with E-state index in [0.29, 0.717) is 17.0 Å². The summed E-state index contributed by atoms with van der Waals surface area (Å²) in [7, 11) is 1.58. The van der Waals surface area contributed by atoms with E-state index in [-0.39, 0.29) is 12.6 Å². The van der Waals surface area contributed by atoms with Crippen LogP contribution in [0.2, 0.25) is 0 Å². The molecular weight excluding hydrogens is 334 g/mol. The van der Waals surface area contributed by atoms with E-state index in [0.717, 1.165) is 15.6 Å². The van der Waals surface area contributed by atoms with Gasteiger partial charge in [0.15, 0.2) is 0 Å². The van der Waals surface area contributed by atoms with Crippen molar-refractivity contribution in [2.75, 3.05) is 12.8 Å². The van der Waals surface area contributed by atoms with Gasteiger partial charge < -0.3 is 15.2 Å². The second kappa shape index (κ2) is 6.63. The molecule has 0 saturated heterocycles. The molecule has 0 bridgehead atoms. The number of ether oxygens (including phenoxy) is 2. The smallest absolute Gasteiger partial charge is 0.338 e. The van der Waals surface area contributed by atoms with Gasteiger partial charge in [0.2, 0.25) is 0 Å². The van der Waals surface area contributed by atoms with E-state index in [2.05, 4.69) is 15.9 Å². The molecule has 110 valence electrons. The Labute approximate surface area is 132 Å². The highest BCUT2D eigenvalue weighted by atomic mass is 79.9. The Morgan fingerprint density at radius 3 is 2.67 bits per heavy atom. The number of nitrogen functional groups attached to an aromatic ring is 1. The number of methoxy groups -OCH3 is 1. The molecule has 0 radical (unpaired) electrons. The van der Waals surface area contributed by atoms with Gasteiger partial charge in [0.25, 0.3) is 0 Å². The van der Waals surface area contributed by atoms with Crippen LogP contribution in [-0.4, -0.2) is 13.1 Å². The van der Waals surface area contributed by atoms with Gasteiger partial charge in [-0.3, -0.25) is 0 Å². The topological polar surface area (TPSA) is 61.5 Å². The van der Waals surface area contributed by atoms with E-state index in [4.69, 9.17) is 15.2 Å². The monoisotopic (exact) mass is 349 g/mol. The third-order valence-corrected chi connectivity index (χ3v) is 3.60. The Hall–Kier alpha value is -2.01. The van der Waals surface area contributed by atoms with Crippen LogP contribution in [0.5, 0.6) is 5.75 Å². The lowest BCUT2D eigenvalue weighted by molar-refractivity contribution is 0.0470. The zero-order valence-electron chi connectivity index (χ0n) is 11.9. The van der Waals surface area contributed by atoms with Crippen LogP contribution in [0.15, 0.2) is 40.9 Å². The summed E-state index contributed by atoms with van der Waals surface area (Å²) in [5, 5.41) is 0. The first-order chi connectivity index (χ1) is 10.0. The molecule has 0 aliphatic heterocycles. The zero-order chi connectivity index (χ0) is 15.4. The maximum absolute atomic E-state index is 12.1. The Morgan fingerprint density at radius 2 is 2.00 bits per heavy atom. The maximum atomic E-state index is 12.1. The van der Waals surface area contributed by atoms with E-state index in [1.165, 1.54) is 0 Å². The summed E-state index contributed by atoms with van der Waals surface area (Å²) in [5.41, 5.74) is 8.52. The van der Waals surface area contributed by atoms with E-state index < -0.39 is 0 Å². The van der Waals surface area contributed by atoms with E-state index in [1.54, 1.807) is 25.3 Å². The minimum Gasteiger partial charge on any atom is -0.496 e. The molecule has 0 fully saturated rings. The third-order valence-electron chi connectivity index (χ3n) is 3.11. The molecule has 0 atom stereocenters. The van der Waals surface area contributed by atoms with E-state index >= 15 is 0 Å². The molecule has 0 amide bonds. The minimum absolute atomic E-state index is 0.144. The number of hydrogen-bond donors (Lipinski definition) is 1. The van der Waals surface area contributed by atoms with Gasteiger partial charge in [-0.2, -0.15) is 0 Å². The van der Waals surface area contributed by atoms with Crippen LogP contribution >= 0.6 is 15.9 Å². The zero-order valence-corrected chi connectivity index (χ0v) is 13.4. The Bertz CT molecular complexity index is 671. The molecule has 21 heavy (non-hydrogen) atoms. The van der Waals surface area contributed by atoms with Crippen LogP contribution in [0, 0.1) is 6.92 Å². The van der Waals surface area contributed by atoms with Gasteiger partial charge in [-0.25, -0.2) is 4.79 Å². The van der Waals surface area contributed by atoms with Crippen LogP contribution in [0.1, 0.15) is 21.5 Å². The first kappa shape index (κ1) is 15.4. The summed E-state index contributed by atoms with van der Waals surface area (Å²) in [6.45, 7) is 1.99. The summed E-state index contributed by atoms with van der Waals surface area (Å²) in [6, 6.07) is 10.6. The van der Waals surface area contributed by atoms with Crippen LogP contribution < -0.4 is 10.5 Å². The van der Waals surface area contributed by atoms with Crippen molar-refractivity contribution in [3.8, 4) is 5.75 Å². The van der Waals surface area contributed by atoms with Crippen molar-refractivity contribution in [3.63, 3.8) is 0 Å². The first-order valence-electron chi connectivity index (χ1n) is 6.37. The van der Waals surface area contributed by atoms with Crippen LogP contribution in [0.3, 0.4) is 0 Å². The van der Waals surface area contributed by atoms with E-state index in [9.17, 15) is 4.79 Å². The molecule has 0 saturated carbocycles. The summed E-state index contributed by atoms with van der Waals surface area (Å²) in [6.07, 6.45) is 0. The molecule has 0 spiro atoms. The Balaban J connectivity index is 2.10. The lowest BCUT2D eigenvalue weighted by atomic mass is 10.1. The highest BCUT2D eigenvalue weighted by Crippen LogP contribution is 2.24. The van der Waals surface area contributed by atoms with Crippen molar-refractivity contribution in [2.24, 2.45) is 0 Å². The fourth-order valence-corrected chi connectivity index (χ4v) is 2.30. The molecule has 2 aromatic rings. The summed E-state index contributed by atoms with van der Waals surface area (Å²) >= 11 is 3.39. The fourth-order valence-electron chi connectivity index (χ4n) is 1.89. The van der Waals surface area contributed by atoms with Crippen molar-refractivity contribution in [1.29, 1.82) is 0 Å². The van der Waals surface area contributed by atoms with Gasteiger partial charge in [0.1, 0.15) is 12.4 Å².